The minimum Gasteiger partial charge on any atom is -0.317 e. The lowest BCUT2D eigenvalue weighted by atomic mass is 10.0. The molecule has 0 radical (unpaired) electrons. The quantitative estimate of drug-likeness (QED) is 0.717. The van der Waals surface area contributed by atoms with Gasteiger partial charge in [0.1, 0.15) is 0 Å². The van der Waals surface area contributed by atoms with Crippen LogP contribution >= 0.6 is 0 Å². The molecule has 1 N–H and O–H groups in total. The molecule has 1 rings (SSSR count). The summed E-state index contributed by atoms with van der Waals surface area (Å²) < 4.78 is 0. The van der Waals surface area contributed by atoms with Gasteiger partial charge >= 0.3 is 0 Å². The van der Waals surface area contributed by atoms with Crippen molar-refractivity contribution in [2.75, 3.05) is 20.1 Å². The van der Waals surface area contributed by atoms with Crippen LogP contribution in [0.3, 0.4) is 0 Å². The van der Waals surface area contributed by atoms with Crippen LogP contribution in [0.1, 0.15) is 39.5 Å². The summed E-state index contributed by atoms with van der Waals surface area (Å²) in [5, 5.41) is 3.42. The van der Waals surface area contributed by atoms with E-state index in [1.807, 2.05) is 0 Å². The van der Waals surface area contributed by atoms with Crippen molar-refractivity contribution >= 4 is 0 Å². The van der Waals surface area contributed by atoms with Gasteiger partial charge in [0, 0.05) is 12.1 Å². The summed E-state index contributed by atoms with van der Waals surface area (Å²) in [5.41, 5.74) is 0. The molecule has 1 heterocycles. The van der Waals surface area contributed by atoms with E-state index in [0.29, 0.717) is 0 Å². The van der Waals surface area contributed by atoms with Gasteiger partial charge in [-0.15, -0.1) is 0 Å². The first-order valence-corrected chi connectivity index (χ1v) is 5.72. The van der Waals surface area contributed by atoms with Crippen LogP contribution < -0.4 is 5.32 Å². The average Bonchev–Trinajstić information content (AvgIpc) is 2.21. The molecule has 1 saturated heterocycles. The third-order valence-electron chi connectivity index (χ3n) is 3.40. The van der Waals surface area contributed by atoms with E-state index in [1.54, 1.807) is 0 Å². The van der Waals surface area contributed by atoms with E-state index in [9.17, 15) is 0 Å². The summed E-state index contributed by atoms with van der Waals surface area (Å²) in [4.78, 5) is 2.60. The second kappa shape index (κ2) is 5.61. The number of hydrogen-bond donors (Lipinski definition) is 1. The fraction of sp³-hybridized carbons (Fsp3) is 1.00. The smallest absolute Gasteiger partial charge is 0.0119 e. The molecule has 2 heteroatoms. The SMILES string of the molecule is CCC(CC)N(C)C1CCNCC1. The molecule has 0 unspecified atom stereocenters. The first-order valence-electron chi connectivity index (χ1n) is 5.72. The molecule has 0 spiro atoms. The van der Waals surface area contributed by atoms with Crippen LogP contribution in [-0.2, 0) is 0 Å². The largest absolute Gasteiger partial charge is 0.317 e. The van der Waals surface area contributed by atoms with Gasteiger partial charge in [-0.1, -0.05) is 13.8 Å². The summed E-state index contributed by atoms with van der Waals surface area (Å²) in [6.07, 6.45) is 5.23. The molecule has 0 bridgehead atoms. The third-order valence-corrected chi connectivity index (χ3v) is 3.40. The molecule has 1 aliphatic heterocycles. The van der Waals surface area contributed by atoms with Gasteiger partial charge in [0.25, 0.3) is 0 Å². The second-order valence-electron chi connectivity index (χ2n) is 4.12. The van der Waals surface area contributed by atoms with Crippen molar-refractivity contribution < 1.29 is 0 Å². The van der Waals surface area contributed by atoms with Crippen molar-refractivity contribution in [3.05, 3.63) is 0 Å². The van der Waals surface area contributed by atoms with E-state index in [4.69, 9.17) is 0 Å². The van der Waals surface area contributed by atoms with Gasteiger partial charge < -0.3 is 10.2 Å². The van der Waals surface area contributed by atoms with Crippen LogP contribution in [0.15, 0.2) is 0 Å². The number of piperidine rings is 1. The summed E-state index contributed by atoms with van der Waals surface area (Å²) in [7, 11) is 2.30. The Morgan fingerprint density at radius 1 is 1.23 bits per heavy atom. The maximum Gasteiger partial charge on any atom is 0.0119 e. The molecule has 78 valence electrons. The highest BCUT2D eigenvalue weighted by molar-refractivity contribution is 4.79. The van der Waals surface area contributed by atoms with Crippen molar-refractivity contribution in [2.45, 2.75) is 51.6 Å². The van der Waals surface area contributed by atoms with Gasteiger partial charge in [-0.2, -0.15) is 0 Å². The zero-order chi connectivity index (χ0) is 9.68. The lowest BCUT2D eigenvalue weighted by Crippen LogP contribution is -2.45. The molecule has 0 amide bonds. The summed E-state index contributed by atoms with van der Waals surface area (Å²) >= 11 is 0. The van der Waals surface area contributed by atoms with Crippen LogP contribution in [0, 0.1) is 0 Å². The maximum atomic E-state index is 3.42. The highest BCUT2D eigenvalue weighted by Gasteiger charge is 2.21. The molecule has 0 atom stereocenters. The molecule has 0 aromatic rings. The second-order valence-corrected chi connectivity index (χ2v) is 4.12. The Hall–Kier alpha value is -0.0800. The van der Waals surface area contributed by atoms with Gasteiger partial charge in [-0.05, 0) is 45.8 Å². The van der Waals surface area contributed by atoms with Gasteiger partial charge in [-0.3, -0.25) is 0 Å². The lowest BCUT2D eigenvalue weighted by Gasteiger charge is -2.36. The minimum absolute atomic E-state index is 0.795. The van der Waals surface area contributed by atoms with Gasteiger partial charge in [0.15, 0.2) is 0 Å². The minimum atomic E-state index is 0.795. The van der Waals surface area contributed by atoms with E-state index in [1.165, 1.54) is 38.8 Å². The molecule has 0 aliphatic carbocycles. The molecule has 13 heavy (non-hydrogen) atoms. The lowest BCUT2D eigenvalue weighted by molar-refractivity contribution is 0.136. The van der Waals surface area contributed by atoms with Gasteiger partial charge in [-0.25, -0.2) is 0 Å². The van der Waals surface area contributed by atoms with Crippen LogP contribution in [0.4, 0.5) is 0 Å². The number of rotatable bonds is 4. The number of nitrogens with zero attached hydrogens (tertiary/aromatic N) is 1. The normalized spacial score (nSPS) is 20.1. The van der Waals surface area contributed by atoms with E-state index < -0.39 is 0 Å². The van der Waals surface area contributed by atoms with E-state index in [-0.39, 0.29) is 0 Å². The Morgan fingerprint density at radius 3 is 2.23 bits per heavy atom. The summed E-state index contributed by atoms with van der Waals surface area (Å²) in [5.74, 6) is 0. The Kier molecular flexibility index (Phi) is 4.74. The summed E-state index contributed by atoms with van der Waals surface area (Å²) in [6.45, 7) is 7.00. The van der Waals surface area contributed by atoms with Crippen LogP contribution in [0.5, 0.6) is 0 Å². The van der Waals surface area contributed by atoms with E-state index in [0.717, 1.165) is 12.1 Å². The first-order chi connectivity index (χ1) is 6.29. The highest BCUT2D eigenvalue weighted by atomic mass is 15.2. The topological polar surface area (TPSA) is 15.3 Å². The Morgan fingerprint density at radius 2 is 1.77 bits per heavy atom. The van der Waals surface area contributed by atoms with Crippen molar-refractivity contribution in [2.24, 2.45) is 0 Å². The Balaban J connectivity index is 2.38. The zero-order valence-corrected chi connectivity index (χ0v) is 9.34. The fourth-order valence-corrected chi connectivity index (χ4v) is 2.38. The first kappa shape index (κ1) is 11.0. The highest BCUT2D eigenvalue weighted by Crippen LogP contribution is 2.16. The molecule has 1 aliphatic rings. The van der Waals surface area contributed by atoms with Gasteiger partial charge in [0.2, 0.25) is 0 Å². The molecule has 0 aromatic carbocycles. The molecular formula is C11H24N2. The van der Waals surface area contributed by atoms with E-state index in [2.05, 4.69) is 31.1 Å². The van der Waals surface area contributed by atoms with Crippen molar-refractivity contribution in [1.29, 1.82) is 0 Å². The fourth-order valence-electron chi connectivity index (χ4n) is 2.38. The predicted octanol–water partition coefficient (Wildman–Crippen LogP) is 1.86. The standard InChI is InChI=1S/C11H24N2/c1-4-10(5-2)13(3)11-6-8-12-9-7-11/h10-12H,4-9H2,1-3H3. The monoisotopic (exact) mass is 184 g/mol. The summed E-state index contributed by atoms with van der Waals surface area (Å²) in [6, 6.07) is 1.62. The Labute approximate surface area is 82.7 Å². The van der Waals surface area contributed by atoms with Crippen LogP contribution in [0.25, 0.3) is 0 Å². The zero-order valence-electron chi connectivity index (χ0n) is 9.34. The number of hydrogen-bond acceptors (Lipinski definition) is 2. The van der Waals surface area contributed by atoms with Crippen LogP contribution in [0.2, 0.25) is 0 Å². The third kappa shape index (κ3) is 2.96. The predicted molar refractivity (Wildman–Crippen MR) is 58.0 cm³/mol. The molecule has 0 saturated carbocycles. The van der Waals surface area contributed by atoms with Crippen LogP contribution in [-0.4, -0.2) is 37.1 Å². The number of nitrogens with one attached hydrogen (secondary N) is 1. The molecule has 2 nitrogen and oxygen atoms in total. The maximum absolute atomic E-state index is 3.42. The molecule has 0 aromatic heterocycles. The van der Waals surface area contributed by atoms with Crippen molar-refractivity contribution in [3.63, 3.8) is 0 Å². The average molecular weight is 184 g/mol. The van der Waals surface area contributed by atoms with E-state index >= 15 is 0 Å². The van der Waals surface area contributed by atoms with Crippen molar-refractivity contribution in [3.8, 4) is 0 Å². The Bertz CT molecular complexity index is 126. The van der Waals surface area contributed by atoms with Crippen molar-refractivity contribution in [1.82, 2.24) is 10.2 Å². The molecule has 1 fully saturated rings. The van der Waals surface area contributed by atoms with Gasteiger partial charge in [0.05, 0.1) is 0 Å². The molecular weight excluding hydrogens is 160 g/mol.